The molecule has 30 heavy (non-hydrogen) atoms. The molecule has 9 heteroatoms. The Morgan fingerprint density at radius 1 is 1.20 bits per heavy atom. The van der Waals surface area contributed by atoms with E-state index >= 15 is 0 Å². The molecule has 1 amide bonds. The van der Waals surface area contributed by atoms with Crippen LogP contribution in [0.4, 0.5) is 0 Å². The van der Waals surface area contributed by atoms with Crippen LogP contribution >= 0.6 is 0 Å². The van der Waals surface area contributed by atoms with E-state index in [1.807, 2.05) is 36.4 Å². The predicted molar refractivity (Wildman–Crippen MR) is 112 cm³/mol. The van der Waals surface area contributed by atoms with E-state index in [0.717, 1.165) is 16.9 Å². The number of sulfone groups is 1. The highest BCUT2D eigenvalue weighted by molar-refractivity contribution is 7.90. The highest BCUT2D eigenvalue weighted by atomic mass is 32.2. The molecule has 1 saturated heterocycles. The first-order chi connectivity index (χ1) is 14.1. The van der Waals surface area contributed by atoms with Gasteiger partial charge in [-0.25, -0.2) is 8.42 Å². The molecule has 0 spiro atoms. The Balaban J connectivity index is 0.00000101. The van der Waals surface area contributed by atoms with Crippen LogP contribution in [0.15, 0.2) is 53.4 Å². The van der Waals surface area contributed by atoms with Crippen LogP contribution in [0.25, 0.3) is 0 Å². The number of hydrogen-bond donors (Lipinski definition) is 2. The molecular weight excluding hydrogens is 408 g/mol. The first-order valence-electron chi connectivity index (χ1n) is 9.15. The van der Waals surface area contributed by atoms with Gasteiger partial charge in [0, 0.05) is 25.9 Å². The first kappa shape index (κ1) is 23.4. The number of carbonyl (C=O) groups excluding carboxylic acids is 1. The number of carbonyl (C=O) groups is 2. The zero-order valence-corrected chi connectivity index (χ0v) is 17.8. The molecule has 2 aromatic carbocycles. The third kappa shape index (κ3) is 5.80. The Hall–Kier alpha value is -2.91. The molecule has 8 nitrogen and oxygen atoms in total. The van der Waals surface area contributed by atoms with Gasteiger partial charge in [-0.2, -0.15) is 0 Å². The number of rotatable bonds is 7. The molecule has 0 atom stereocenters. The Morgan fingerprint density at radius 3 is 2.30 bits per heavy atom. The van der Waals surface area contributed by atoms with Crippen LogP contribution in [0.2, 0.25) is 0 Å². The molecule has 0 radical (unpaired) electrons. The van der Waals surface area contributed by atoms with Gasteiger partial charge in [-0.15, -0.1) is 0 Å². The van der Waals surface area contributed by atoms with Crippen molar-refractivity contribution in [1.29, 1.82) is 0 Å². The van der Waals surface area contributed by atoms with E-state index in [1.54, 1.807) is 19.2 Å². The second-order valence-electron chi connectivity index (χ2n) is 7.34. The van der Waals surface area contributed by atoms with Crippen molar-refractivity contribution in [2.75, 3.05) is 26.5 Å². The minimum Gasteiger partial charge on any atom is -0.497 e. The largest absolute Gasteiger partial charge is 0.497 e. The number of carboxylic acid groups (broad SMARTS) is 1. The van der Waals surface area contributed by atoms with Crippen molar-refractivity contribution in [1.82, 2.24) is 4.90 Å². The van der Waals surface area contributed by atoms with Gasteiger partial charge in [0.1, 0.15) is 5.75 Å². The second kappa shape index (κ2) is 9.73. The van der Waals surface area contributed by atoms with Gasteiger partial charge in [0.05, 0.1) is 17.4 Å². The normalized spacial score (nSPS) is 15.3. The maximum Gasteiger partial charge on any atom is 0.290 e. The molecule has 1 aliphatic rings. The number of nitrogens with zero attached hydrogens (tertiary/aromatic N) is 1. The van der Waals surface area contributed by atoms with Crippen LogP contribution in [0.5, 0.6) is 5.75 Å². The van der Waals surface area contributed by atoms with Gasteiger partial charge in [0.25, 0.3) is 6.47 Å². The molecule has 0 aliphatic carbocycles. The smallest absolute Gasteiger partial charge is 0.290 e. The number of benzene rings is 2. The molecule has 2 aromatic rings. The van der Waals surface area contributed by atoms with Crippen LogP contribution in [-0.4, -0.2) is 57.3 Å². The van der Waals surface area contributed by atoms with Crippen molar-refractivity contribution in [2.24, 2.45) is 11.1 Å². The molecule has 1 aliphatic heterocycles. The Labute approximate surface area is 176 Å². The van der Waals surface area contributed by atoms with E-state index in [4.69, 9.17) is 20.4 Å². The lowest BCUT2D eigenvalue weighted by atomic mass is 9.74. The molecule has 1 fully saturated rings. The standard InChI is InChI=1S/C20H24N2O4S.CH2O2/c1-26-17-5-3-4-16(10-17)11-20(19(21)23)13-22(14-20)12-15-6-8-18(9-7-15)27(2,24)25;2-1-3/h3-10H,11-14H2,1-2H3,(H2,21,23);1H,(H,2,3). The SMILES string of the molecule is COc1cccc(CC2(C(N)=O)CN(Cc3ccc(S(C)(=O)=O)cc3)C2)c1.O=CO. The third-order valence-electron chi connectivity index (χ3n) is 5.01. The van der Waals surface area contributed by atoms with Crippen LogP contribution in [0.1, 0.15) is 11.1 Å². The topological polar surface area (TPSA) is 127 Å². The maximum absolute atomic E-state index is 12.1. The molecule has 162 valence electrons. The monoisotopic (exact) mass is 434 g/mol. The zero-order chi connectivity index (χ0) is 22.4. The van der Waals surface area contributed by atoms with Crippen LogP contribution in [0.3, 0.4) is 0 Å². The lowest BCUT2D eigenvalue weighted by molar-refractivity contribution is -0.138. The van der Waals surface area contributed by atoms with E-state index in [2.05, 4.69) is 4.90 Å². The van der Waals surface area contributed by atoms with Crippen molar-refractivity contribution in [3.8, 4) is 5.75 Å². The second-order valence-corrected chi connectivity index (χ2v) is 9.36. The fourth-order valence-corrected chi connectivity index (χ4v) is 4.18. The average Bonchev–Trinajstić information content (AvgIpc) is 2.66. The molecular formula is C21H26N2O6S. The van der Waals surface area contributed by atoms with Gasteiger partial charge in [0.15, 0.2) is 9.84 Å². The van der Waals surface area contributed by atoms with Gasteiger partial charge in [-0.05, 0) is 41.8 Å². The minimum absolute atomic E-state index is 0.250. The van der Waals surface area contributed by atoms with E-state index in [1.165, 1.54) is 6.26 Å². The molecule has 1 heterocycles. The lowest BCUT2D eigenvalue weighted by Gasteiger charge is -2.48. The van der Waals surface area contributed by atoms with Crippen molar-refractivity contribution in [3.63, 3.8) is 0 Å². The summed E-state index contributed by atoms with van der Waals surface area (Å²) in [7, 11) is -1.58. The summed E-state index contributed by atoms with van der Waals surface area (Å²) < 4.78 is 28.3. The molecule has 0 bridgehead atoms. The van der Waals surface area contributed by atoms with Gasteiger partial charge in [0.2, 0.25) is 5.91 Å². The molecule has 3 N–H and O–H groups in total. The highest BCUT2D eigenvalue weighted by Gasteiger charge is 2.47. The van der Waals surface area contributed by atoms with E-state index in [0.29, 0.717) is 31.0 Å². The van der Waals surface area contributed by atoms with Crippen LogP contribution in [0, 0.1) is 5.41 Å². The lowest BCUT2D eigenvalue weighted by Crippen LogP contribution is -2.62. The molecule has 0 aromatic heterocycles. The van der Waals surface area contributed by atoms with Crippen LogP contribution < -0.4 is 10.5 Å². The van der Waals surface area contributed by atoms with Gasteiger partial charge < -0.3 is 15.6 Å². The Kier molecular flexibility index (Phi) is 7.58. The summed E-state index contributed by atoms with van der Waals surface area (Å²) in [4.78, 5) is 22.9. The Morgan fingerprint density at radius 2 is 1.80 bits per heavy atom. The zero-order valence-electron chi connectivity index (χ0n) is 16.9. The summed E-state index contributed by atoms with van der Waals surface area (Å²) in [5, 5.41) is 6.89. The average molecular weight is 435 g/mol. The van der Waals surface area contributed by atoms with Crippen molar-refractivity contribution < 1.29 is 27.9 Å². The Bertz CT molecular complexity index is 983. The summed E-state index contributed by atoms with van der Waals surface area (Å²) in [6, 6.07) is 14.5. The number of primary amides is 1. The predicted octanol–water partition coefficient (Wildman–Crippen LogP) is 1.33. The molecule has 0 saturated carbocycles. The van der Waals surface area contributed by atoms with Gasteiger partial charge in [-0.3, -0.25) is 14.5 Å². The summed E-state index contributed by atoms with van der Waals surface area (Å²) >= 11 is 0. The summed E-state index contributed by atoms with van der Waals surface area (Å²) in [6.45, 7) is 1.55. The van der Waals surface area contributed by atoms with Crippen molar-refractivity contribution in [3.05, 3.63) is 59.7 Å². The minimum atomic E-state index is -3.19. The van der Waals surface area contributed by atoms with Crippen LogP contribution in [-0.2, 0) is 32.4 Å². The van der Waals surface area contributed by atoms with E-state index in [9.17, 15) is 13.2 Å². The van der Waals surface area contributed by atoms with E-state index in [-0.39, 0.29) is 12.4 Å². The third-order valence-corrected chi connectivity index (χ3v) is 6.14. The molecule has 0 unspecified atom stereocenters. The summed E-state index contributed by atoms with van der Waals surface area (Å²) in [5.74, 6) is 0.461. The number of likely N-dealkylation sites (tertiary alicyclic amines) is 1. The van der Waals surface area contributed by atoms with E-state index < -0.39 is 15.3 Å². The van der Waals surface area contributed by atoms with Gasteiger partial charge in [-0.1, -0.05) is 24.3 Å². The number of methoxy groups -OCH3 is 1. The number of ether oxygens (including phenoxy) is 1. The highest BCUT2D eigenvalue weighted by Crippen LogP contribution is 2.35. The fourth-order valence-electron chi connectivity index (χ4n) is 3.55. The summed E-state index contributed by atoms with van der Waals surface area (Å²) in [6.07, 6.45) is 1.76. The number of amides is 1. The molecule has 3 rings (SSSR count). The van der Waals surface area contributed by atoms with Gasteiger partial charge >= 0.3 is 0 Å². The maximum atomic E-state index is 12.1. The number of nitrogens with two attached hydrogens (primary N) is 1. The fraction of sp³-hybridized carbons (Fsp3) is 0.333. The van der Waals surface area contributed by atoms with Crippen molar-refractivity contribution >= 4 is 22.2 Å². The number of hydrogen-bond acceptors (Lipinski definition) is 6. The van der Waals surface area contributed by atoms with Crippen molar-refractivity contribution in [2.45, 2.75) is 17.9 Å². The first-order valence-corrected chi connectivity index (χ1v) is 11.0. The quantitative estimate of drug-likeness (QED) is 0.629. The summed E-state index contributed by atoms with van der Waals surface area (Å²) in [5.41, 5.74) is 7.15.